The first kappa shape index (κ1) is 12.3. The van der Waals surface area contributed by atoms with E-state index < -0.39 is 0 Å². The Hall–Kier alpha value is -1.69. The van der Waals surface area contributed by atoms with Crippen molar-refractivity contribution in [3.8, 4) is 11.6 Å². The highest BCUT2D eigenvalue weighted by Gasteiger charge is 2.23. The second-order valence-electron chi connectivity index (χ2n) is 4.95. The molecule has 0 bridgehead atoms. The van der Waals surface area contributed by atoms with Crippen molar-refractivity contribution >= 4 is 0 Å². The van der Waals surface area contributed by atoms with Gasteiger partial charge in [0.15, 0.2) is 5.82 Å². The van der Waals surface area contributed by atoms with Crippen LogP contribution in [-0.4, -0.2) is 32.8 Å². The summed E-state index contributed by atoms with van der Waals surface area (Å²) in [5, 5.41) is 3.95. The molecule has 1 saturated heterocycles. The number of hydrogen-bond donors (Lipinski definition) is 1. The summed E-state index contributed by atoms with van der Waals surface area (Å²) in [6.07, 6.45) is 7.84. The fraction of sp³-hybridized carbons (Fsp3) is 0.615. The van der Waals surface area contributed by atoms with Crippen molar-refractivity contribution in [2.45, 2.75) is 38.7 Å². The maximum absolute atomic E-state index is 5.68. The van der Waals surface area contributed by atoms with Gasteiger partial charge in [-0.2, -0.15) is 4.98 Å². The molecule has 2 aromatic rings. The van der Waals surface area contributed by atoms with E-state index >= 15 is 0 Å². The molecule has 3 heterocycles. The molecule has 2 aromatic heterocycles. The standard InChI is InChI=1S/C13H18N4O2/c1-2-10-7-9(3-6-18-10)8-11-16-13(17-19-11)12-14-4-5-15-12/h4-5,9-10H,2-3,6-8H2,1H3,(H,14,15)/t9-,10+/m0/s1. The van der Waals surface area contributed by atoms with Gasteiger partial charge in [-0.05, 0) is 25.2 Å². The highest BCUT2D eigenvalue weighted by atomic mass is 16.5. The van der Waals surface area contributed by atoms with Gasteiger partial charge in [0.2, 0.25) is 11.7 Å². The van der Waals surface area contributed by atoms with E-state index in [1.165, 1.54) is 0 Å². The predicted octanol–water partition coefficient (Wildman–Crippen LogP) is 2.21. The van der Waals surface area contributed by atoms with E-state index in [2.05, 4.69) is 27.0 Å². The van der Waals surface area contributed by atoms with Gasteiger partial charge in [0.05, 0.1) is 6.10 Å². The molecule has 6 nitrogen and oxygen atoms in total. The smallest absolute Gasteiger partial charge is 0.238 e. The van der Waals surface area contributed by atoms with Gasteiger partial charge in [-0.3, -0.25) is 0 Å². The Balaban J connectivity index is 1.64. The lowest BCUT2D eigenvalue weighted by Gasteiger charge is -2.27. The maximum Gasteiger partial charge on any atom is 0.238 e. The molecule has 1 fully saturated rings. The molecule has 1 N–H and O–H groups in total. The lowest BCUT2D eigenvalue weighted by atomic mass is 9.91. The maximum atomic E-state index is 5.68. The van der Waals surface area contributed by atoms with Crippen molar-refractivity contribution in [1.82, 2.24) is 20.1 Å². The van der Waals surface area contributed by atoms with Gasteiger partial charge in [-0.1, -0.05) is 12.1 Å². The van der Waals surface area contributed by atoms with Crippen LogP contribution in [0.25, 0.3) is 11.6 Å². The minimum absolute atomic E-state index is 0.381. The SMILES string of the molecule is CC[C@@H]1C[C@@H](Cc2nc(-c3ncc[nH]3)no2)CCO1. The number of aromatic amines is 1. The number of rotatable bonds is 4. The predicted molar refractivity (Wildman–Crippen MR) is 68.3 cm³/mol. The Morgan fingerprint density at radius 3 is 3.21 bits per heavy atom. The molecule has 0 unspecified atom stereocenters. The number of H-pyrrole nitrogens is 1. The number of hydrogen-bond acceptors (Lipinski definition) is 5. The number of aromatic nitrogens is 4. The highest BCUT2D eigenvalue weighted by molar-refractivity contribution is 5.40. The first-order valence-corrected chi connectivity index (χ1v) is 6.79. The van der Waals surface area contributed by atoms with E-state index in [4.69, 9.17) is 9.26 Å². The van der Waals surface area contributed by atoms with E-state index in [1.807, 2.05) is 0 Å². The molecule has 2 atom stereocenters. The van der Waals surface area contributed by atoms with E-state index in [1.54, 1.807) is 12.4 Å². The molecule has 0 saturated carbocycles. The van der Waals surface area contributed by atoms with Crippen molar-refractivity contribution in [3.63, 3.8) is 0 Å². The molecular weight excluding hydrogens is 244 g/mol. The molecule has 102 valence electrons. The normalized spacial score (nSPS) is 23.6. The minimum atomic E-state index is 0.381. The quantitative estimate of drug-likeness (QED) is 0.914. The molecule has 0 spiro atoms. The molecule has 0 aliphatic carbocycles. The Labute approximate surface area is 111 Å². The Kier molecular flexibility index (Phi) is 3.59. The first-order valence-electron chi connectivity index (χ1n) is 6.79. The molecule has 1 aliphatic rings. The summed E-state index contributed by atoms with van der Waals surface area (Å²) in [7, 11) is 0. The molecular formula is C13H18N4O2. The largest absolute Gasteiger partial charge is 0.378 e. The number of nitrogens with one attached hydrogen (secondary N) is 1. The Morgan fingerprint density at radius 1 is 1.47 bits per heavy atom. The third kappa shape index (κ3) is 2.84. The van der Waals surface area contributed by atoms with Crippen molar-refractivity contribution in [1.29, 1.82) is 0 Å². The average Bonchev–Trinajstić information content (AvgIpc) is 3.09. The van der Waals surface area contributed by atoms with E-state index in [0.717, 1.165) is 32.3 Å². The topological polar surface area (TPSA) is 76.8 Å². The summed E-state index contributed by atoms with van der Waals surface area (Å²) >= 11 is 0. The minimum Gasteiger partial charge on any atom is -0.378 e. The zero-order chi connectivity index (χ0) is 13.1. The van der Waals surface area contributed by atoms with Gasteiger partial charge in [0.25, 0.3) is 0 Å². The van der Waals surface area contributed by atoms with Crippen LogP contribution in [0.15, 0.2) is 16.9 Å². The van der Waals surface area contributed by atoms with Crippen molar-refractivity contribution in [3.05, 3.63) is 18.3 Å². The fourth-order valence-electron chi connectivity index (χ4n) is 2.50. The number of imidazole rings is 1. The van der Waals surface area contributed by atoms with Crippen LogP contribution < -0.4 is 0 Å². The van der Waals surface area contributed by atoms with E-state index in [9.17, 15) is 0 Å². The Bertz CT molecular complexity index is 508. The van der Waals surface area contributed by atoms with Crippen molar-refractivity contribution in [2.75, 3.05) is 6.61 Å². The summed E-state index contributed by atoms with van der Waals surface area (Å²) < 4.78 is 11.0. The molecule has 0 amide bonds. The van der Waals surface area contributed by atoms with Crippen LogP contribution >= 0.6 is 0 Å². The van der Waals surface area contributed by atoms with Crippen LogP contribution in [-0.2, 0) is 11.2 Å². The number of nitrogens with zero attached hydrogens (tertiary/aromatic N) is 3. The first-order chi connectivity index (χ1) is 9.35. The molecule has 3 rings (SSSR count). The molecule has 1 aliphatic heterocycles. The summed E-state index contributed by atoms with van der Waals surface area (Å²) in [5.74, 6) is 2.43. The Morgan fingerprint density at radius 2 is 2.42 bits per heavy atom. The number of ether oxygens (including phenoxy) is 1. The zero-order valence-corrected chi connectivity index (χ0v) is 11.0. The molecule has 0 aromatic carbocycles. The van der Waals surface area contributed by atoms with Gasteiger partial charge in [-0.15, -0.1) is 0 Å². The van der Waals surface area contributed by atoms with Crippen LogP contribution in [0.5, 0.6) is 0 Å². The van der Waals surface area contributed by atoms with Gasteiger partial charge >= 0.3 is 0 Å². The van der Waals surface area contributed by atoms with E-state index in [-0.39, 0.29) is 0 Å². The second-order valence-corrected chi connectivity index (χ2v) is 4.95. The molecule has 19 heavy (non-hydrogen) atoms. The monoisotopic (exact) mass is 262 g/mol. The molecule has 6 heteroatoms. The fourth-order valence-corrected chi connectivity index (χ4v) is 2.50. The third-order valence-corrected chi connectivity index (χ3v) is 3.57. The zero-order valence-electron chi connectivity index (χ0n) is 11.0. The van der Waals surface area contributed by atoms with Crippen LogP contribution in [0.2, 0.25) is 0 Å². The summed E-state index contributed by atoms with van der Waals surface area (Å²) in [5.41, 5.74) is 0. The summed E-state index contributed by atoms with van der Waals surface area (Å²) in [4.78, 5) is 11.5. The van der Waals surface area contributed by atoms with Crippen LogP contribution in [0.4, 0.5) is 0 Å². The molecule has 0 radical (unpaired) electrons. The van der Waals surface area contributed by atoms with E-state index in [0.29, 0.717) is 29.6 Å². The van der Waals surface area contributed by atoms with Crippen LogP contribution in [0.1, 0.15) is 32.1 Å². The van der Waals surface area contributed by atoms with Gasteiger partial charge in [0.1, 0.15) is 0 Å². The lowest BCUT2D eigenvalue weighted by Crippen LogP contribution is -2.26. The summed E-state index contributed by atoms with van der Waals surface area (Å²) in [6.45, 7) is 3.00. The second kappa shape index (κ2) is 5.52. The lowest BCUT2D eigenvalue weighted by molar-refractivity contribution is -0.0115. The van der Waals surface area contributed by atoms with Crippen LogP contribution in [0.3, 0.4) is 0 Å². The van der Waals surface area contributed by atoms with Gasteiger partial charge in [0, 0.05) is 25.4 Å². The van der Waals surface area contributed by atoms with Crippen molar-refractivity contribution < 1.29 is 9.26 Å². The van der Waals surface area contributed by atoms with Crippen molar-refractivity contribution in [2.24, 2.45) is 5.92 Å². The van der Waals surface area contributed by atoms with Gasteiger partial charge < -0.3 is 14.2 Å². The van der Waals surface area contributed by atoms with Crippen LogP contribution in [0, 0.1) is 5.92 Å². The highest BCUT2D eigenvalue weighted by Crippen LogP contribution is 2.25. The third-order valence-electron chi connectivity index (χ3n) is 3.57. The average molecular weight is 262 g/mol. The van der Waals surface area contributed by atoms with Gasteiger partial charge in [-0.25, -0.2) is 4.98 Å². The summed E-state index contributed by atoms with van der Waals surface area (Å²) in [6, 6.07) is 0.